The fraction of sp³-hybridized carbons (Fsp3) is 0.190. The first-order chi connectivity index (χ1) is 14.4. The Hall–Kier alpha value is -3.52. The molecule has 8 nitrogen and oxygen atoms in total. The largest absolute Gasteiger partial charge is 0.493 e. The van der Waals surface area contributed by atoms with Crippen molar-refractivity contribution in [3.63, 3.8) is 0 Å². The average molecular weight is 430 g/mol. The number of hydrogen-bond acceptors (Lipinski definition) is 6. The van der Waals surface area contributed by atoms with E-state index >= 15 is 0 Å². The Kier molecular flexibility index (Phi) is 6.58. The summed E-state index contributed by atoms with van der Waals surface area (Å²) in [6, 6.07) is 13.2. The van der Waals surface area contributed by atoms with E-state index in [-0.39, 0.29) is 6.54 Å². The first-order valence-corrected chi connectivity index (χ1v) is 9.27. The van der Waals surface area contributed by atoms with Gasteiger partial charge in [-0.3, -0.25) is 9.59 Å². The number of carbonyl (C=O) groups is 1. The highest BCUT2D eigenvalue weighted by Crippen LogP contribution is 2.39. The van der Waals surface area contributed by atoms with Crippen molar-refractivity contribution in [1.82, 2.24) is 9.78 Å². The molecule has 0 saturated carbocycles. The minimum absolute atomic E-state index is 0.267. The predicted octanol–water partition coefficient (Wildman–Crippen LogP) is 3.23. The van der Waals surface area contributed by atoms with E-state index in [2.05, 4.69) is 10.4 Å². The van der Waals surface area contributed by atoms with Crippen LogP contribution in [-0.4, -0.2) is 37.0 Å². The van der Waals surface area contributed by atoms with Crippen molar-refractivity contribution in [2.45, 2.75) is 6.54 Å². The first kappa shape index (κ1) is 21.2. The number of carbonyl (C=O) groups excluding carboxylic acids is 1. The number of benzene rings is 2. The van der Waals surface area contributed by atoms with Crippen LogP contribution in [0.3, 0.4) is 0 Å². The number of rotatable bonds is 7. The topological polar surface area (TPSA) is 91.7 Å². The quantitative estimate of drug-likeness (QED) is 0.620. The lowest BCUT2D eigenvalue weighted by atomic mass is 10.1. The lowest BCUT2D eigenvalue weighted by Crippen LogP contribution is -2.29. The molecule has 0 spiro atoms. The van der Waals surface area contributed by atoms with E-state index in [9.17, 15) is 9.59 Å². The molecule has 0 atom stereocenters. The van der Waals surface area contributed by atoms with E-state index in [4.69, 9.17) is 25.8 Å². The van der Waals surface area contributed by atoms with Crippen LogP contribution in [0.2, 0.25) is 5.02 Å². The van der Waals surface area contributed by atoms with Gasteiger partial charge in [0.1, 0.15) is 6.54 Å². The van der Waals surface area contributed by atoms with Crippen molar-refractivity contribution in [2.24, 2.45) is 0 Å². The Morgan fingerprint density at radius 1 is 1.00 bits per heavy atom. The molecule has 3 rings (SSSR count). The molecule has 0 aliphatic heterocycles. The van der Waals surface area contributed by atoms with E-state index in [1.807, 2.05) is 0 Å². The van der Waals surface area contributed by atoms with Gasteiger partial charge < -0.3 is 19.5 Å². The van der Waals surface area contributed by atoms with Crippen molar-refractivity contribution in [3.8, 4) is 28.5 Å². The molecule has 0 aliphatic rings. The third-order valence-corrected chi connectivity index (χ3v) is 4.50. The monoisotopic (exact) mass is 429 g/mol. The molecule has 0 saturated heterocycles. The molecule has 156 valence electrons. The minimum Gasteiger partial charge on any atom is -0.493 e. The van der Waals surface area contributed by atoms with Crippen molar-refractivity contribution >= 4 is 23.2 Å². The highest BCUT2D eigenvalue weighted by Gasteiger charge is 2.15. The van der Waals surface area contributed by atoms with Gasteiger partial charge in [-0.1, -0.05) is 23.7 Å². The molecule has 3 aromatic rings. The van der Waals surface area contributed by atoms with Crippen LogP contribution in [0.15, 0.2) is 53.3 Å². The maximum absolute atomic E-state index is 12.5. The van der Waals surface area contributed by atoms with Gasteiger partial charge in [0, 0.05) is 34.5 Å². The molecule has 9 heteroatoms. The zero-order chi connectivity index (χ0) is 21.7. The summed E-state index contributed by atoms with van der Waals surface area (Å²) in [6.45, 7) is -0.267. The molecule has 30 heavy (non-hydrogen) atoms. The Morgan fingerprint density at radius 3 is 2.20 bits per heavy atom. The standard InChI is InChI=1S/C21H20ClN3O5/c1-28-17-10-15(11-18(29-2)21(17)30-3)23-19(26)12-25-20(27)9-8-16(24-25)13-4-6-14(22)7-5-13/h4-11H,12H2,1-3H3,(H,23,26). The number of aromatic nitrogens is 2. The van der Waals surface area contributed by atoms with Gasteiger partial charge in [0.15, 0.2) is 11.5 Å². The zero-order valence-corrected chi connectivity index (χ0v) is 17.4. The van der Waals surface area contributed by atoms with Gasteiger partial charge in [0.05, 0.1) is 27.0 Å². The van der Waals surface area contributed by atoms with Gasteiger partial charge in [-0.25, -0.2) is 4.68 Å². The number of nitrogens with zero attached hydrogens (tertiary/aromatic N) is 2. The third-order valence-electron chi connectivity index (χ3n) is 4.25. The predicted molar refractivity (Wildman–Crippen MR) is 114 cm³/mol. The van der Waals surface area contributed by atoms with E-state index in [0.29, 0.717) is 33.7 Å². The van der Waals surface area contributed by atoms with Gasteiger partial charge in [0.2, 0.25) is 11.7 Å². The zero-order valence-electron chi connectivity index (χ0n) is 16.6. The molecule has 1 amide bonds. The van der Waals surface area contributed by atoms with Gasteiger partial charge in [-0.05, 0) is 18.2 Å². The molecule has 2 aromatic carbocycles. The van der Waals surface area contributed by atoms with E-state index in [1.165, 1.54) is 27.4 Å². The summed E-state index contributed by atoms with van der Waals surface area (Å²) in [7, 11) is 4.45. The fourth-order valence-corrected chi connectivity index (χ4v) is 2.95. The lowest BCUT2D eigenvalue weighted by Gasteiger charge is -2.15. The summed E-state index contributed by atoms with van der Waals surface area (Å²) < 4.78 is 16.9. The number of nitrogens with one attached hydrogen (secondary N) is 1. The molecular formula is C21H20ClN3O5. The van der Waals surface area contributed by atoms with Crippen molar-refractivity contribution in [2.75, 3.05) is 26.6 Å². The van der Waals surface area contributed by atoms with Crippen LogP contribution < -0.4 is 25.1 Å². The normalized spacial score (nSPS) is 10.4. The second-order valence-electron chi connectivity index (χ2n) is 6.18. The molecule has 1 N–H and O–H groups in total. The molecule has 1 heterocycles. The number of ether oxygens (including phenoxy) is 3. The minimum atomic E-state index is -0.438. The van der Waals surface area contributed by atoms with Gasteiger partial charge in [-0.15, -0.1) is 0 Å². The highest BCUT2D eigenvalue weighted by atomic mass is 35.5. The van der Waals surface area contributed by atoms with E-state index < -0.39 is 11.5 Å². The summed E-state index contributed by atoms with van der Waals surface area (Å²) in [5.41, 5.74) is 1.36. The van der Waals surface area contributed by atoms with Crippen LogP contribution in [-0.2, 0) is 11.3 Å². The number of halogens is 1. The number of anilines is 1. The lowest BCUT2D eigenvalue weighted by molar-refractivity contribution is -0.117. The number of amides is 1. The fourth-order valence-electron chi connectivity index (χ4n) is 2.83. The Labute approximate surface area is 178 Å². The first-order valence-electron chi connectivity index (χ1n) is 8.89. The number of hydrogen-bond donors (Lipinski definition) is 1. The van der Waals surface area contributed by atoms with Crippen LogP contribution in [0.5, 0.6) is 17.2 Å². The number of methoxy groups -OCH3 is 3. The van der Waals surface area contributed by atoms with Crippen LogP contribution in [0, 0.1) is 0 Å². The highest BCUT2D eigenvalue weighted by molar-refractivity contribution is 6.30. The van der Waals surface area contributed by atoms with E-state index in [0.717, 1.165) is 10.2 Å². The van der Waals surface area contributed by atoms with Crippen LogP contribution >= 0.6 is 11.6 Å². The molecular weight excluding hydrogens is 410 g/mol. The summed E-state index contributed by atoms with van der Waals surface area (Å²) in [4.78, 5) is 24.7. The molecule has 0 unspecified atom stereocenters. The summed E-state index contributed by atoms with van der Waals surface area (Å²) >= 11 is 5.91. The van der Waals surface area contributed by atoms with E-state index in [1.54, 1.807) is 42.5 Å². The van der Waals surface area contributed by atoms with Gasteiger partial charge >= 0.3 is 0 Å². The maximum atomic E-state index is 12.5. The van der Waals surface area contributed by atoms with Crippen molar-refractivity contribution in [3.05, 3.63) is 63.9 Å². The summed E-state index contributed by atoms with van der Waals surface area (Å²) in [5.74, 6) is 0.762. The van der Waals surface area contributed by atoms with Crippen molar-refractivity contribution < 1.29 is 19.0 Å². The molecule has 0 fully saturated rings. The molecule has 0 aliphatic carbocycles. The van der Waals surface area contributed by atoms with Gasteiger partial charge in [0.25, 0.3) is 5.56 Å². The average Bonchev–Trinajstić information content (AvgIpc) is 2.75. The van der Waals surface area contributed by atoms with Crippen LogP contribution in [0.1, 0.15) is 0 Å². The molecule has 1 aromatic heterocycles. The van der Waals surface area contributed by atoms with Crippen LogP contribution in [0.25, 0.3) is 11.3 Å². The third kappa shape index (κ3) is 4.72. The Morgan fingerprint density at radius 2 is 1.63 bits per heavy atom. The molecule has 0 bridgehead atoms. The van der Waals surface area contributed by atoms with Crippen molar-refractivity contribution in [1.29, 1.82) is 0 Å². The maximum Gasteiger partial charge on any atom is 0.267 e. The second kappa shape index (κ2) is 9.32. The van der Waals surface area contributed by atoms with Crippen LogP contribution in [0.4, 0.5) is 5.69 Å². The summed E-state index contributed by atoms with van der Waals surface area (Å²) in [6.07, 6.45) is 0. The SMILES string of the molecule is COc1cc(NC(=O)Cn2nc(-c3ccc(Cl)cc3)ccc2=O)cc(OC)c1OC. The molecule has 0 radical (unpaired) electrons. The Balaban J connectivity index is 1.82. The summed E-state index contributed by atoms with van der Waals surface area (Å²) in [5, 5.41) is 7.59. The smallest absolute Gasteiger partial charge is 0.267 e. The van der Waals surface area contributed by atoms with Gasteiger partial charge in [-0.2, -0.15) is 5.10 Å². The Bertz CT molecular complexity index is 1090. The second-order valence-corrected chi connectivity index (χ2v) is 6.62.